The molecule has 2 N–H and O–H groups in total. The van der Waals surface area contributed by atoms with Gasteiger partial charge in [0.1, 0.15) is 5.82 Å². The molecule has 5 rings (SSSR count). The molecule has 1 aliphatic heterocycles. The summed E-state index contributed by atoms with van der Waals surface area (Å²) in [6.45, 7) is 4.06. The van der Waals surface area contributed by atoms with E-state index < -0.39 is 0 Å². The van der Waals surface area contributed by atoms with Crippen molar-refractivity contribution in [2.24, 2.45) is 0 Å². The molecule has 1 aliphatic rings. The van der Waals surface area contributed by atoms with Crippen LogP contribution in [-0.2, 0) is 0 Å². The van der Waals surface area contributed by atoms with E-state index in [0.29, 0.717) is 17.1 Å². The van der Waals surface area contributed by atoms with Gasteiger partial charge in [0.15, 0.2) is 0 Å². The highest BCUT2D eigenvalue weighted by Gasteiger charge is 2.22. The minimum atomic E-state index is -0.179. The van der Waals surface area contributed by atoms with Crippen LogP contribution in [0.1, 0.15) is 40.2 Å². The number of hydrogen-bond donors (Lipinski definition) is 2. The first kappa shape index (κ1) is 18.1. The maximum atomic E-state index is 12.9. The number of carbonyl (C=O) groups is 1. The van der Waals surface area contributed by atoms with Crippen molar-refractivity contribution in [3.63, 3.8) is 0 Å². The monoisotopic (exact) mass is 395 g/mol. The third-order valence-electron chi connectivity index (χ3n) is 5.42. The molecule has 1 atom stereocenters. The second-order valence-electron chi connectivity index (χ2n) is 7.50. The first-order chi connectivity index (χ1) is 14.6. The summed E-state index contributed by atoms with van der Waals surface area (Å²) in [6.07, 6.45) is 3.71. The summed E-state index contributed by atoms with van der Waals surface area (Å²) in [7, 11) is 0. The third kappa shape index (κ3) is 3.22. The number of nitrogens with zero attached hydrogens (tertiary/aromatic N) is 3. The summed E-state index contributed by atoms with van der Waals surface area (Å²) >= 11 is 0. The first-order valence-corrected chi connectivity index (χ1v) is 9.88. The lowest BCUT2D eigenvalue weighted by atomic mass is 9.97. The number of amides is 1. The molecule has 0 fully saturated rings. The Kier molecular flexibility index (Phi) is 4.32. The average molecular weight is 395 g/mol. The molecule has 2 aromatic carbocycles. The molecule has 0 saturated heterocycles. The Morgan fingerprint density at radius 1 is 0.967 bits per heavy atom. The van der Waals surface area contributed by atoms with Gasteiger partial charge >= 0.3 is 0 Å². The Labute approximate surface area is 174 Å². The van der Waals surface area contributed by atoms with Crippen LogP contribution in [0.2, 0.25) is 0 Å². The summed E-state index contributed by atoms with van der Waals surface area (Å²) in [4.78, 5) is 21.9. The molecule has 0 aliphatic carbocycles. The smallest absolute Gasteiger partial charge is 0.259 e. The van der Waals surface area contributed by atoms with Gasteiger partial charge in [-0.3, -0.25) is 4.79 Å². The highest BCUT2D eigenvalue weighted by Crippen LogP contribution is 2.34. The van der Waals surface area contributed by atoms with E-state index in [9.17, 15) is 4.79 Å². The van der Waals surface area contributed by atoms with Crippen molar-refractivity contribution in [3.8, 4) is 5.69 Å². The molecule has 4 aromatic rings. The molecule has 1 unspecified atom stereocenters. The molecule has 2 aromatic heterocycles. The van der Waals surface area contributed by atoms with E-state index in [2.05, 4.69) is 34.7 Å². The molecular formula is C24H21N5O. The van der Waals surface area contributed by atoms with Gasteiger partial charge in [-0.05, 0) is 42.8 Å². The molecule has 0 spiro atoms. The Morgan fingerprint density at radius 3 is 2.57 bits per heavy atom. The molecule has 0 radical (unpaired) electrons. The normalized spacial score (nSPS) is 13.5. The largest absolute Gasteiger partial charge is 0.338 e. The highest BCUT2D eigenvalue weighted by atomic mass is 16.1. The fraction of sp³-hybridized carbons (Fsp3) is 0.125. The molecule has 6 heteroatoms. The summed E-state index contributed by atoms with van der Waals surface area (Å²) in [5, 5.41) is 6.35. The van der Waals surface area contributed by atoms with E-state index in [0.717, 1.165) is 22.8 Å². The Hall–Kier alpha value is -3.93. The quantitative estimate of drug-likeness (QED) is 0.510. The van der Waals surface area contributed by atoms with E-state index in [1.165, 1.54) is 5.56 Å². The van der Waals surface area contributed by atoms with Crippen molar-refractivity contribution >= 4 is 23.1 Å². The zero-order valence-corrected chi connectivity index (χ0v) is 16.8. The lowest BCUT2D eigenvalue weighted by molar-refractivity contribution is 0.102. The number of rotatable bonds is 3. The van der Waals surface area contributed by atoms with Gasteiger partial charge in [0.25, 0.3) is 5.91 Å². The Bertz CT molecular complexity index is 1250. The van der Waals surface area contributed by atoms with E-state index in [-0.39, 0.29) is 11.8 Å². The maximum absolute atomic E-state index is 12.9. The summed E-state index contributed by atoms with van der Waals surface area (Å²) in [5.41, 5.74) is 5.99. The van der Waals surface area contributed by atoms with E-state index in [4.69, 9.17) is 4.98 Å². The zero-order chi connectivity index (χ0) is 20.7. The van der Waals surface area contributed by atoms with Crippen molar-refractivity contribution in [2.45, 2.75) is 19.8 Å². The van der Waals surface area contributed by atoms with Crippen LogP contribution in [0.4, 0.5) is 17.2 Å². The summed E-state index contributed by atoms with van der Waals surface area (Å²) < 4.78 is 1.93. The fourth-order valence-electron chi connectivity index (χ4n) is 3.69. The van der Waals surface area contributed by atoms with Crippen LogP contribution in [0.5, 0.6) is 0 Å². The van der Waals surface area contributed by atoms with Crippen molar-refractivity contribution in [1.29, 1.82) is 0 Å². The van der Waals surface area contributed by atoms with Crippen LogP contribution in [0.25, 0.3) is 5.69 Å². The number of carbonyl (C=O) groups excluding carboxylic acids is 1. The summed E-state index contributed by atoms with van der Waals surface area (Å²) in [6, 6.07) is 19.9. The lowest BCUT2D eigenvalue weighted by Crippen LogP contribution is -2.12. The Balaban J connectivity index is 1.51. The van der Waals surface area contributed by atoms with Gasteiger partial charge < -0.3 is 15.2 Å². The van der Waals surface area contributed by atoms with Gasteiger partial charge in [0.05, 0.1) is 34.7 Å². The van der Waals surface area contributed by atoms with Gasteiger partial charge in [0.2, 0.25) is 0 Å². The minimum absolute atomic E-state index is 0.121. The number of anilines is 3. The number of nitrogens with one attached hydrogen (secondary N) is 2. The molecule has 0 bridgehead atoms. The third-order valence-corrected chi connectivity index (χ3v) is 5.42. The van der Waals surface area contributed by atoms with Crippen molar-refractivity contribution in [2.75, 3.05) is 10.6 Å². The van der Waals surface area contributed by atoms with Gasteiger partial charge in [-0.2, -0.15) is 0 Å². The number of imidazole rings is 1. The number of aromatic nitrogens is 3. The van der Waals surface area contributed by atoms with Crippen LogP contribution < -0.4 is 10.6 Å². The molecule has 1 amide bonds. The number of aryl methyl sites for hydroxylation is 1. The number of fused-ring (bicyclic) bond motifs is 2. The second kappa shape index (κ2) is 7.15. The molecule has 6 nitrogen and oxygen atoms in total. The van der Waals surface area contributed by atoms with E-state index >= 15 is 0 Å². The second-order valence-corrected chi connectivity index (χ2v) is 7.50. The number of benzene rings is 2. The van der Waals surface area contributed by atoms with E-state index in [1.807, 2.05) is 66.2 Å². The SMILES string of the molecule is Cc1cn(-c2ccc3c(c2)NC(=O)c2ccc(C(C)c4ccccc4)nc2N3)cn1. The molecule has 0 saturated carbocycles. The average Bonchev–Trinajstić information content (AvgIpc) is 3.15. The van der Waals surface area contributed by atoms with Crippen LogP contribution in [0.15, 0.2) is 73.2 Å². The lowest BCUT2D eigenvalue weighted by Gasteiger charge is -2.14. The van der Waals surface area contributed by atoms with Gasteiger partial charge in [0, 0.05) is 17.8 Å². The van der Waals surface area contributed by atoms with Crippen LogP contribution in [0, 0.1) is 6.92 Å². The maximum Gasteiger partial charge on any atom is 0.259 e. The van der Waals surface area contributed by atoms with Crippen molar-refractivity contribution < 1.29 is 4.79 Å². The molecule has 148 valence electrons. The number of hydrogen-bond acceptors (Lipinski definition) is 4. The van der Waals surface area contributed by atoms with Crippen LogP contribution in [-0.4, -0.2) is 20.4 Å². The minimum Gasteiger partial charge on any atom is -0.338 e. The van der Waals surface area contributed by atoms with Crippen LogP contribution in [0.3, 0.4) is 0 Å². The van der Waals surface area contributed by atoms with Gasteiger partial charge in [-0.25, -0.2) is 9.97 Å². The first-order valence-electron chi connectivity index (χ1n) is 9.88. The van der Waals surface area contributed by atoms with Gasteiger partial charge in [-0.15, -0.1) is 0 Å². The van der Waals surface area contributed by atoms with Crippen LogP contribution >= 0.6 is 0 Å². The fourth-order valence-corrected chi connectivity index (χ4v) is 3.69. The number of pyridine rings is 1. The van der Waals surface area contributed by atoms with Crippen molar-refractivity contribution in [3.05, 3.63) is 95.7 Å². The van der Waals surface area contributed by atoms with Crippen molar-refractivity contribution in [1.82, 2.24) is 14.5 Å². The van der Waals surface area contributed by atoms with E-state index in [1.54, 1.807) is 6.33 Å². The standard InChI is InChI=1S/C24H21N5O/c1-15-13-29(14-25-15)18-8-10-21-22(12-18)28-24(30)19-9-11-20(26-23(19)27-21)16(2)17-6-4-3-5-7-17/h3-14,16H,1-2H3,(H,26,27)(H,28,30). The highest BCUT2D eigenvalue weighted by molar-refractivity contribution is 6.11. The zero-order valence-electron chi connectivity index (χ0n) is 16.8. The molecular weight excluding hydrogens is 374 g/mol. The summed E-state index contributed by atoms with van der Waals surface area (Å²) in [5.74, 6) is 0.510. The molecule has 3 heterocycles. The van der Waals surface area contributed by atoms with Gasteiger partial charge in [-0.1, -0.05) is 37.3 Å². The predicted octanol–water partition coefficient (Wildman–Crippen LogP) is 5.04. The topological polar surface area (TPSA) is 71.8 Å². The molecule has 30 heavy (non-hydrogen) atoms. The predicted molar refractivity (Wildman–Crippen MR) is 118 cm³/mol. The Morgan fingerprint density at radius 2 is 1.80 bits per heavy atom.